The summed E-state index contributed by atoms with van der Waals surface area (Å²) in [5.74, 6) is -0.899. The van der Waals surface area contributed by atoms with Crippen LogP contribution in [-0.2, 0) is 11.2 Å². The summed E-state index contributed by atoms with van der Waals surface area (Å²) in [5, 5.41) is 9.02. The monoisotopic (exact) mass is 235 g/mol. The Morgan fingerprint density at radius 2 is 2.24 bits per heavy atom. The Hall–Kier alpha value is -1.46. The first kappa shape index (κ1) is 12.0. The van der Waals surface area contributed by atoms with Crippen LogP contribution >= 0.6 is 0 Å². The molecule has 1 saturated heterocycles. The molecule has 1 aromatic rings. The number of aromatic nitrogens is 1. The summed E-state index contributed by atoms with van der Waals surface area (Å²) in [6.07, 6.45) is 4.96. The zero-order valence-corrected chi connectivity index (χ0v) is 9.67. The molecule has 0 bridgehead atoms. The second-order valence-electron chi connectivity index (χ2n) is 4.59. The summed E-state index contributed by atoms with van der Waals surface area (Å²) in [5.41, 5.74) is 5.97. The Morgan fingerprint density at radius 1 is 1.53 bits per heavy atom. The van der Waals surface area contributed by atoms with Gasteiger partial charge in [0.05, 0.1) is 0 Å². The summed E-state index contributed by atoms with van der Waals surface area (Å²) in [6.45, 7) is 2.04. The first-order valence-corrected chi connectivity index (χ1v) is 5.74. The molecule has 0 spiro atoms. The van der Waals surface area contributed by atoms with Gasteiger partial charge >= 0.3 is 5.97 Å². The number of rotatable bonds is 4. The van der Waals surface area contributed by atoms with Gasteiger partial charge in [-0.1, -0.05) is 0 Å². The smallest absolute Gasteiger partial charge is 0.325 e. The maximum Gasteiger partial charge on any atom is 0.325 e. The third-order valence-corrected chi connectivity index (χ3v) is 3.27. The van der Waals surface area contributed by atoms with Crippen molar-refractivity contribution >= 4 is 5.97 Å². The minimum atomic E-state index is -1.06. The normalized spacial score (nSPS) is 25.0. The lowest BCUT2D eigenvalue weighted by Gasteiger charge is -2.19. The second-order valence-corrected chi connectivity index (χ2v) is 4.59. The Bertz CT molecular complexity index is 396. The van der Waals surface area contributed by atoms with Gasteiger partial charge in [0.15, 0.2) is 0 Å². The van der Waals surface area contributed by atoms with E-state index in [1.54, 1.807) is 12.4 Å². The van der Waals surface area contributed by atoms with Gasteiger partial charge < -0.3 is 15.7 Å². The molecule has 3 N–H and O–H groups in total. The summed E-state index contributed by atoms with van der Waals surface area (Å²) >= 11 is 0. The van der Waals surface area contributed by atoms with Crippen LogP contribution in [0.3, 0.4) is 0 Å². The fourth-order valence-corrected chi connectivity index (χ4v) is 2.12. The number of carboxylic acids is 1. The molecular weight excluding hydrogens is 218 g/mol. The highest BCUT2D eigenvalue weighted by Gasteiger charge is 2.40. The number of carbonyl (C=O) groups is 1. The molecule has 2 rings (SSSR count). The van der Waals surface area contributed by atoms with Gasteiger partial charge in [0.1, 0.15) is 5.54 Å². The van der Waals surface area contributed by atoms with Crippen LogP contribution in [0.25, 0.3) is 0 Å². The van der Waals surface area contributed by atoms with Crippen LogP contribution in [0.4, 0.5) is 0 Å². The zero-order chi connectivity index (χ0) is 12.3. The minimum Gasteiger partial charge on any atom is -0.480 e. The van der Waals surface area contributed by atoms with Crippen LogP contribution < -0.4 is 5.73 Å². The SMILES string of the molecule is NC1(C(=O)O)CCN(CCc2ccncc2)C1. The van der Waals surface area contributed by atoms with Crippen molar-refractivity contribution in [2.75, 3.05) is 19.6 Å². The highest BCUT2D eigenvalue weighted by atomic mass is 16.4. The molecule has 2 heterocycles. The average Bonchev–Trinajstić information content (AvgIpc) is 2.72. The Balaban J connectivity index is 1.85. The van der Waals surface area contributed by atoms with E-state index in [0.29, 0.717) is 13.0 Å². The molecule has 1 atom stereocenters. The number of nitrogens with zero attached hydrogens (tertiary/aromatic N) is 2. The van der Waals surface area contributed by atoms with Crippen LogP contribution in [0.5, 0.6) is 0 Å². The summed E-state index contributed by atoms with van der Waals surface area (Å²) in [4.78, 5) is 17.0. The van der Waals surface area contributed by atoms with Gasteiger partial charge in [0, 0.05) is 32.0 Å². The van der Waals surface area contributed by atoms with E-state index in [9.17, 15) is 4.79 Å². The van der Waals surface area contributed by atoms with E-state index in [-0.39, 0.29) is 0 Å². The van der Waals surface area contributed by atoms with Crippen LogP contribution in [0.1, 0.15) is 12.0 Å². The number of aliphatic carboxylic acids is 1. The van der Waals surface area contributed by atoms with E-state index in [1.807, 2.05) is 12.1 Å². The number of hydrogen-bond donors (Lipinski definition) is 2. The molecule has 5 nitrogen and oxygen atoms in total. The van der Waals surface area contributed by atoms with Gasteiger partial charge in [-0.15, -0.1) is 0 Å². The van der Waals surface area contributed by atoms with Gasteiger partial charge in [-0.3, -0.25) is 9.78 Å². The van der Waals surface area contributed by atoms with E-state index in [1.165, 1.54) is 5.56 Å². The van der Waals surface area contributed by atoms with E-state index in [4.69, 9.17) is 10.8 Å². The molecule has 0 aliphatic carbocycles. The average molecular weight is 235 g/mol. The summed E-state index contributed by atoms with van der Waals surface area (Å²) in [7, 11) is 0. The lowest BCUT2D eigenvalue weighted by Crippen LogP contribution is -2.50. The van der Waals surface area contributed by atoms with Crippen molar-refractivity contribution in [3.8, 4) is 0 Å². The lowest BCUT2D eigenvalue weighted by atomic mass is 10.0. The van der Waals surface area contributed by atoms with E-state index in [2.05, 4.69) is 9.88 Å². The predicted octanol–water partition coefficient (Wildman–Crippen LogP) is 0.112. The van der Waals surface area contributed by atoms with E-state index in [0.717, 1.165) is 19.5 Å². The van der Waals surface area contributed by atoms with Crippen molar-refractivity contribution < 1.29 is 9.90 Å². The molecule has 17 heavy (non-hydrogen) atoms. The molecule has 1 aliphatic rings. The number of hydrogen-bond acceptors (Lipinski definition) is 4. The molecule has 0 radical (unpaired) electrons. The van der Waals surface area contributed by atoms with Crippen molar-refractivity contribution in [3.05, 3.63) is 30.1 Å². The first-order valence-electron chi connectivity index (χ1n) is 5.74. The van der Waals surface area contributed by atoms with Crippen LogP contribution in [0, 0.1) is 0 Å². The predicted molar refractivity (Wildman–Crippen MR) is 63.6 cm³/mol. The fraction of sp³-hybridized carbons (Fsp3) is 0.500. The van der Waals surface area contributed by atoms with Crippen LogP contribution in [0.2, 0.25) is 0 Å². The minimum absolute atomic E-state index is 0.438. The Morgan fingerprint density at radius 3 is 2.82 bits per heavy atom. The topological polar surface area (TPSA) is 79.5 Å². The molecule has 0 amide bonds. The summed E-state index contributed by atoms with van der Waals surface area (Å²) in [6, 6.07) is 3.95. The molecule has 1 aliphatic heterocycles. The van der Waals surface area contributed by atoms with Gasteiger partial charge in [0.2, 0.25) is 0 Å². The molecule has 92 valence electrons. The number of pyridine rings is 1. The highest BCUT2D eigenvalue weighted by Crippen LogP contribution is 2.19. The quantitative estimate of drug-likeness (QED) is 0.774. The number of nitrogens with two attached hydrogens (primary N) is 1. The molecule has 1 aromatic heterocycles. The molecular formula is C12H17N3O2. The standard InChI is InChI=1S/C12H17N3O2/c13-12(11(16)17)4-8-15(9-12)7-3-10-1-5-14-6-2-10/h1-2,5-6H,3-4,7-9,13H2,(H,16,17). The molecule has 0 aromatic carbocycles. The van der Waals surface area contributed by atoms with Crippen molar-refractivity contribution in [2.24, 2.45) is 5.73 Å². The molecule has 5 heteroatoms. The van der Waals surface area contributed by atoms with Gasteiger partial charge in [-0.05, 0) is 30.5 Å². The Labute approximate surface area is 100 Å². The highest BCUT2D eigenvalue weighted by molar-refractivity contribution is 5.79. The lowest BCUT2D eigenvalue weighted by molar-refractivity contribution is -0.142. The fourth-order valence-electron chi connectivity index (χ4n) is 2.12. The van der Waals surface area contributed by atoms with Gasteiger partial charge in [-0.25, -0.2) is 0 Å². The molecule has 0 saturated carbocycles. The largest absolute Gasteiger partial charge is 0.480 e. The maximum atomic E-state index is 11.0. The van der Waals surface area contributed by atoms with Crippen molar-refractivity contribution in [1.29, 1.82) is 0 Å². The number of carboxylic acid groups (broad SMARTS) is 1. The Kier molecular flexibility index (Phi) is 3.40. The van der Waals surface area contributed by atoms with Gasteiger partial charge in [0.25, 0.3) is 0 Å². The molecule has 1 fully saturated rings. The van der Waals surface area contributed by atoms with Crippen LogP contribution in [-0.4, -0.2) is 46.1 Å². The summed E-state index contributed by atoms with van der Waals surface area (Å²) < 4.78 is 0. The second kappa shape index (κ2) is 4.81. The van der Waals surface area contributed by atoms with Crippen molar-refractivity contribution in [1.82, 2.24) is 9.88 Å². The van der Waals surface area contributed by atoms with E-state index >= 15 is 0 Å². The maximum absolute atomic E-state index is 11.0. The number of likely N-dealkylation sites (tertiary alicyclic amines) is 1. The van der Waals surface area contributed by atoms with Crippen molar-refractivity contribution in [3.63, 3.8) is 0 Å². The zero-order valence-electron chi connectivity index (χ0n) is 9.67. The van der Waals surface area contributed by atoms with E-state index < -0.39 is 11.5 Å². The van der Waals surface area contributed by atoms with Gasteiger partial charge in [-0.2, -0.15) is 0 Å². The first-order chi connectivity index (χ1) is 8.10. The third-order valence-electron chi connectivity index (χ3n) is 3.27. The third kappa shape index (κ3) is 2.81. The van der Waals surface area contributed by atoms with Crippen molar-refractivity contribution in [2.45, 2.75) is 18.4 Å². The van der Waals surface area contributed by atoms with Crippen LogP contribution in [0.15, 0.2) is 24.5 Å². The molecule has 1 unspecified atom stereocenters.